The van der Waals surface area contributed by atoms with Crippen LogP contribution in [0, 0.1) is 23.2 Å². The Hall–Kier alpha value is -2.08. The SMILES string of the molecule is C[C@H](NC(=O)COC(=O)CNC(=O)C12CC3CC(CC(C3)C1)C2)c1ccc(Cl)cc1. The Morgan fingerprint density at radius 3 is 2.20 bits per heavy atom. The lowest BCUT2D eigenvalue weighted by Crippen LogP contribution is -2.54. The van der Waals surface area contributed by atoms with Gasteiger partial charge in [0.15, 0.2) is 6.61 Å². The van der Waals surface area contributed by atoms with Gasteiger partial charge in [0.25, 0.3) is 5.91 Å². The van der Waals surface area contributed by atoms with Gasteiger partial charge in [-0.05, 0) is 80.9 Å². The van der Waals surface area contributed by atoms with Gasteiger partial charge in [-0.15, -0.1) is 0 Å². The fraction of sp³-hybridized carbons (Fsp3) is 0.609. The molecule has 2 amide bonds. The van der Waals surface area contributed by atoms with E-state index in [1.807, 2.05) is 19.1 Å². The van der Waals surface area contributed by atoms with Gasteiger partial charge >= 0.3 is 5.97 Å². The van der Waals surface area contributed by atoms with Crippen LogP contribution in [0.5, 0.6) is 0 Å². The molecule has 7 heteroatoms. The number of carbonyl (C=O) groups excluding carboxylic acids is 3. The highest BCUT2D eigenvalue weighted by Gasteiger charge is 2.54. The highest BCUT2D eigenvalue weighted by atomic mass is 35.5. The van der Waals surface area contributed by atoms with Crippen molar-refractivity contribution in [3.05, 3.63) is 34.9 Å². The zero-order chi connectivity index (χ0) is 21.3. The maximum Gasteiger partial charge on any atom is 0.325 e. The third kappa shape index (κ3) is 4.64. The van der Waals surface area contributed by atoms with Crippen LogP contribution >= 0.6 is 11.6 Å². The van der Waals surface area contributed by atoms with E-state index in [2.05, 4.69) is 10.6 Å². The number of amides is 2. The standard InChI is InChI=1S/C23H29ClN2O4/c1-14(18-2-4-19(24)5-3-18)26-20(27)13-30-21(28)12-25-22(29)23-9-15-6-16(10-23)8-17(7-15)11-23/h2-5,14-17H,6-13H2,1H3,(H,25,29)(H,26,27)/t14-,15?,16?,17?,23?/m0/s1. The van der Waals surface area contributed by atoms with Gasteiger partial charge in [0.05, 0.1) is 6.04 Å². The number of ether oxygens (including phenoxy) is 1. The minimum atomic E-state index is -0.595. The van der Waals surface area contributed by atoms with E-state index in [1.54, 1.807) is 12.1 Å². The van der Waals surface area contributed by atoms with Crippen LogP contribution in [0.15, 0.2) is 24.3 Å². The maximum absolute atomic E-state index is 12.9. The van der Waals surface area contributed by atoms with E-state index in [0.717, 1.165) is 24.8 Å². The molecule has 4 aliphatic rings. The van der Waals surface area contributed by atoms with E-state index in [-0.39, 0.29) is 30.5 Å². The molecule has 0 aliphatic heterocycles. The Morgan fingerprint density at radius 2 is 1.63 bits per heavy atom. The average molecular weight is 433 g/mol. The fourth-order valence-electron chi connectivity index (χ4n) is 6.04. The van der Waals surface area contributed by atoms with Crippen molar-refractivity contribution in [2.45, 2.75) is 51.5 Å². The molecule has 1 atom stereocenters. The third-order valence-electron chi connectivity index (χ3n) is 7.02. The monoisotopic (exact) mass is 432 g/mol. The van der Waals surface area contributed by atoms with E-state index < -0.39 is 11.9 Å². The molecule has 0 unspecified atom stereocenters. The second-order valence-corrected chi connectivity index (χ2v) is 9.82. The Labute approximate surface area is 182 Å². The Kier molecular flexibility index (Phi) is 6.05. The average Bonchev–Trinajstić information content (AvgIpc) is 2.70. The topological polar surface area (TPSA) is 84.5 Å². The molecule has 30 heavy (non-hydrogen) atoms. The van der Waals surface area contributed by atoms with E-state index in [9.17, 15) is 14.4 Å². The van der Waals surface area contributed by atoms with Gasteiger partial charge in [-0.2, -0.15) is 0 Å². The summed E-state index contributed by atoms with van der Waals surface area (Å²) in [6.07, 6.45) is 6.63. The summed E-state index contributed by atoms with van der Waals surface area (Å²) in [5, 5.41) is 6.18. The van der Waals surface area contributed by atoms with Crippen LogP contribution in [0.1, 0.15) is 57.1 Å². The highest BCUT2D eigenvalue weighted by molar-refractivity contribution is 6.30. The molecule has 0 heterocycles. The number of halogens is 1. The summed E-state index contributed by atoms with van der Waals surface area (Å²) in [5.41, 5.74) is 0.613. The van der Waals surface area contributed by atoms with Crippen molar-refractivity contribution in [2.75, 3.05) is 13.2 Å². The molecule has 4 aliphatic carbocycles. The predicted molar refractivity (Wildman–Crippen MR) is 113 cm³/mol. The molecule has 162 valence electrons. The third-order valence-corrected chi connectivity index (χ3v) is 7.28. The first kappa shape index (κ1) is 21.2. The molecule has 2 N–H and O–H groups in total. The predicted octanol–water partition coefficient (Wildman–Crippen LogP) is 3.39. The van der Waals surface area contributed by atoms with Crippen molar-refractivity contribution < 1.29 is 19.1 Å². The van der Waals surface area contributed by atoms with E-state index in [0.29, 0.717) is 22.8 Å². The number of esters is 1. The van der Waals surface area contributed by atoms with Crippen LogP contribution in [0.2, 0.25) is 5.02 Å². The second kappa shape index (κ2) is 8.58. The van der Waals surface area contributed by atoms with Crippen LogP contribution in [-0.2, 0) is 19.1 Å². The molecule has 4 fully saturated rings. The van der Waals surface area contributed by atoms with Crippen LogP contribution in [-0.4, -0.2) is 30.9 Å². The van der Waals surface area contributed by atoms with E-state index in [1.165, 1.54) is 19.3 Å². The van der Waals surface area contributed by atoms with E-state index in [4.69, 9.17) is 16.3 Å². The number of hydrogen-bond acceptors (Lipinski definition) is 4. The summed E-state index contributed by atoms with van der Waals surface area (Å²) >= 11 is 5.87. The zero-order valence-electron chi connectivity index (χ0n) is 17.3. The van der Waals surface area contributed by atoms with Crippen molar-refractivity contribution in [3.63, 3.8) is 0 Å². The Bertz CT molecular complexity index is 788. The second-order valence-electron chi connectivity index (χ2n) is 9.38. The molecule has 1 aromatic carbocycles. The minimum Gasteiger partial charge on any atom is -0.454 e. The largest absolute Gasteiger partial charge is 0.454 e. The molecule has 4 bridgehead atoms. The van der Waals surface area contributed by atoms with Crippen molar-refractivity contribution in [2.24, 2.45) is 23.2 Å². The van der Waals surface area contributed by atoms with Gasteiger partial charge in [0, 0.05) is 10.4 Å². The molecule has 0 saturated heterocycles. The van der Waals surface area contributed by atoms with Gasteiger partial charge in [-0.3, -0.25) is 14.4 Å². The van der Waals surface area contributed by atoms with E-state index >= 15 is 0 Å². The maximum atomic E-state index is 12.9. The molecule has 0 aromatic heterocycles. The number of nitrogens with one attached hydrogen (secondary N) is 2. The van der Waals surface area contributed by atoms with Gasteiger partial charge in [0.2, 0.25) is 5.91 Å². The molecule has 0 radical (unpaired) electrons. The van der Waals surface area contributed by atoms with Crippen molar-refractivity contribution in [3.8, 4) is 0 Å². The molecule has 1 aromatic rings. The highest BCUT2D eigenvalue weighted by Crippen LogP contribution is 2.60. The van der Waals surface area contributed by atoms with Gasteiger partial charge in [-0.25, -0.2) is 0 Å². The van der Waals surface area contributed by atoms with Gasteiger partial charge in [-0.1, -0.05) is 23.7 Å². The van der Waals surface area contributed by atoms with Crippen LogP contribution in [0.4, 0.5) is 0 Å². The quantitative estimate of drug-likeness (QED) is 0.647. The number of rotatable bonds is 7. The lowest BCUT2D eigenvalue weighted by molar-refractivity contribution is -0.152. The molecular weight excluding hydrogens is 404 g/mol. The van der Waals surface area contributed by atoms with Crippen LogP contribution in [0.3, 0.4) is 0 Å². The summed E-state index contributed by atoms with van der Waals surface area (Å²) in [7, 11) is 0. The fourth-order valence-corrected chi connectivity index (χ4v) is 6.17. The lowest BCUT2D eigenvalue weighted by atomic mass is 9.49. The number of carbonyl (C=O) groups is 3. The molecule has 5 rings (SSSR count). The summed E-state index contributed by atoms with van der Waals surface area (Å²) in [6, 6.07) is 6.95. The Morgan fingerprint density at radius 1 is 1.07 bits per heavy atom. The molecule has 6 nitrogen and oxygen atoms in total. The summed E-state index contributed by atoms with van der Waals surface area (Å²) in [6.45, 7) is 1.28. The smallest absolute Gasteiger partial charge is 0.325 e. The first-order valence-electron chi connectivity index (χ1n) is 10.8. The zero-order valence-corrected chi connectivity index (χ0v) is 18.0. The summed E-state index contributed by atoms with van der Waals surface area (Å²) in [5.74, 6) is 1.00. The number of hydrogen-bond donors (Lipinski definition) is 2. The van der Waals surface area contributed by atoms with Crippen molar-refractivity contribution in [1.29, 1.82) is 0 Å². The first-order chi connectivity index (χ1) is 14.3. The van der Waals surface area contributed by atoms with Gasteiger partial charge < -0.3 is 15.4 Å². The number of benzene rings is 1. The van der Waals surface area contributed by atoms with Crippen molar-refractivity contribution >= 4 is 29.4 Å². The summed E-state index contributed by atoms with van der Waals surface area (Å²) < 4.78 is 5.04. The van der Waals surface area contributed by atoms with Crippen LogP contribution in [0.25, 0.3) is 0 Å². The minimum absolute atomic E-state index is 0.0145. The molecule has 0 spiro atoms. The lowest BCUT2D eigenvalue weighted by Gasteiger charge is -2.55. The normalized spacial score (nSPS) is 29.9. The van der Waals surface area contributed by atoms with Gasteiger partial charge in [0.1, 0.15) is 6.54 Å². The van der Waals surface area contributed by atoms with Crippen LogP contribution < -0.4 is 10.6 Å². The molecule has 4 saturated carbocycles. The Balaban J connectivity index is 1.19. The molecular formula is C23H29ClN2O4. The first-order valence-corrected chi connectivity index (χ1v) is 11.2. The van der Waals surface area contributed by atoms with Crippen molar-refractivity contribution in [1.82, 2.24) is 10.6 Å². The summed E-state index contributed by atoms with van der Waals surface area (Å²) in [4.78, 5) is 37.0.